The number of carbonyl (C=O) groups is 1. The van der Waals surface area contributed by atoms with Crippen molar-refractivity contribution in [1.29, 1.82) is 0 Å². The Morgan fingerprint density at radius 1 is 0.477 bits per heavy atom. The van der Waals surface area contributed by atoms with E-state index in [2.05, 4.69) is 164 Å². The van der Waals surface area contributed by atoms with E-state index >= 15 is 0 Å². The van der Waals surface area contributed by atoms with Crippen LogP contribution in [0.2, 0.25) is 0 Å². The fraction of sp³-hybridized carbons (Fsp3) is 0.0263. The third kappa shape index (κ3) is 7.28. The number of halogens is 3. The zero-order valence-corrected chi connectivity index (χ0v) is 24.3. The molecule has 6 aromatic rings. The zero-order chi connectivity index (χ0) is 30.9. The molecule has 0 aromatic heterocycles. The number of carbonyl (C=O) groups excluding carboxylic acids is 1. The standard InChI is InChI=1S/C36H27S.C2HF3O2/c1-6-16-28(17-7-1)31-26-34(29-18-8-2-9-19-29)36(35(27-31)30-20-10-3-11-21-30)37(32-22-12-4-13-23-32)33-24-14-5-15-25-33;3-2(4,5)1(6)7/h1-27H;(H,6,7)/q+1;/p-1. The van der Waals surface area contributed by atoms with Gasteiger partial charge < -0.3 is 9.90 Å². The van der Waals surface area contributed by atoms with Crippen LogP contribution in [0.4, 0.5) is 13.2 Å². The van der Waals surface area contributed by atoms with Gasteiger partial charge in [-0.3, -0.25) is 0 Å². The molecule has 0 amide bonds. The summed E-state index contributed by atoms with van der Waals surface area (Å²) in [5.41, 5.74) is 7.47. The molecule has 0 atom stereocenters. The van der Waals surface area contributed by atoms with Crippen molar-refractivity contribution in [3.05, 3.63) is 164 Å². The van der Waals surface area contributed by atoms with Crippen LogP contribution in [0, 0.1) is 0 Å². The third-order valence-electron chi connectivity index (χ3n) is 6.76. The summed E-state index contributed by atoms with van der Waals surface area (Å²) in [4.78, 5) is 12.8. The van der Waals surface area contributed by atoms with E-state index in [1.807, 2.05) is 0 Å². The molecule has 6 rings (SSSR count). The molecule has 0 aliphatic heterocycles. The molecule has 0 saturated carbocycles. The quantitative estimate of drug-likeness (QED) is 0.178. The maximum atomic E-state index is 10.5. The molecule has 0 unspecified atom stereocenters. The van der Waals surface area contributed by atoms with Crippen LogP contribution in [0.15, 0.2) is 178 Å². The molecule has 0 spiro atoms. The fourth-order valence-electron chi connectivity index (χ4n) is 4.80. The summed E-state index contributed by atoms with van der Waals surface area (Å²) >= 11 is 0. The van der Waals surface area contributed by atoms with E-state index in [1.54, 1.807) is 0 Å². The molecular formula is C38H27F3O2S. The molecule has 6 heteroatoms. The highest BCUT2D eigenvalue weighted by atomic mass is 32.2. The predicted octanol–water partition coefficient (Wildman–Crippen LogP) is 9.08. The summed E-state index contributed by atoms with van der Waals surface area (Å²) in [6, 6.07) is 59.1. The topological polar surface area (TPSA) is 40.1 Å². The van der Waals surface area contributed by atoms with Crippen molar-refractivity contribution in [3.8, 4) is 33.4 Å². The molecule has 0 aliphatic carbocycles. The number of benzene rings is 6. The number of aliphatic carboxylic acids is 1. The van der Waals surface area contributed by atoms with E-state index in [9.17, 15) is 13.2 Å². The van der Waals surface area contributed by atoms with Gasteiger partial charge in [-0.1, -0.05) is 127 Å². The average molecular weight is 605 g/mol. The monoisotopic (exact) mass is 604 g/mol. The maximum Gasteiger partial charge on any atom is 0.430 e. The summed E-state index contributed by atoms with van der Waals surface area (Å²) in [5.74, 6) is -3.01. The van der Waals surface area contributed by atoms with Crippen LogP contribution in [0.25, 0.3) is 33.4 Å². The van der Waals surface area contributed by atoms with Gasteiger partial charge in [0.05, 0.1) is 0 Å². The Hall–Kier alpha value is -5.07. The predicted molar refractivity (Wildman–Crippen MR) is 169 cm³/mol. The Morgan fingerprint density at radius 3 is 1.09 bits per heavy atom. The van der Waals surface area contributed by atoms with Crippen molar-refractivity contribution in [1.82, 2.24) is 0 Å². The normalized spacial score (nSPS) is 11.0. The molecule has 2 nitrogen and oxygen atoms in total. The molecule has 0 aliphatic rings. The lowest BCUT2D eigenvalue weighted by atomic mass is 9.93. The Balaban J connectivity index is 0.000000493. The molecule has 218 valence electrons. The number of alkyl halides is 3. The van der Waals surface area contributed by atoms with Gasteiger partial charge in [0.1, 0.15) is 16.9 Å². The first-order chi connectivity index (χ1) is 21.3. The van der Waals surface area contributed by atoms with E-state index in [0.29, 0.717) is 0 Å². The van der Waals surface area contributed by atoms with Gasteiger partial charge in [-0.05, 0) is 58.7 Å². The fourth-order valence-corrected chi connectivity index (χ4v) is 7.19. The van der Waals surface area contributed by atoms with Crippen molar-refractivity contribution >= 4 is 16.9 Å². The van der Waals surface area contributed by atoms with Crippen molar-refractivity contribution in [2.45, 2.75) is 20.9 Å². The molecule has 0 N–H and O–H groups in total. The highest BCUT2D eigenvalue weighted by Crippen LogP contribution is 2.45. The molecular weight excluding hydrogens is 577 g/mol. The van der Waals surface area contributed by atoms with Crippen molar-refractivity contribution in [2.24, 2.45) is 0 Å². The Bertz CT molecular complexity index is 1690. The lowest BCUT2D eigenvalue weighted by Crippen LogP contribution is -2.37. The van der Waals surface area contributed by atoms with Gasteiger partial charge in [0.25, 0.3) is 0 Å². The lowest BCUT2D eigenvalue weighted by Gasteiger charge is -2.19. The zero-order valence-electron chi connectivity index (χ0n) is 23.4. The van der Waals surface area contributed by atoms with Gasteiger partial charge in [0, 0.05) is 11.1 Å². The second-order valence-electron chi connectivity index (χ2n) is 9.72. The first-order valence-electron chi connectivity index (χ1n) is 13.8. The second kappa shape index (κ2) is 13.9. The summed E-state index contributed by atoms with van der Waals surface area (Å²) in [5, 5.41) is 8.78. The minimum Gasteiger partial charge on any atom is -0.542 e. The SMILES string of the molecule is O=C([O-])C(F)(F)F.c1ccc(-c2cc(-c3ccccc3)c([S+](c3ccccc3)c3ccccc3)c(-c3ccccc3)c2)cc1. The van der Waals surface area contributed by atoms with Crippen LogP contribution < -0.4 is 5.11 Å². The van der Waals surface area contributed by atoms with Gasteiger partial charge >= 0.3 is 6.18 Å². The van der Waals surface area contributed by atoms with Gasteiger partial charge in [0.15, 0.2) is 14.7 Å². The van der Waals surface area contributed by atoms with Crippen molar-refractivity contribution < 1.29 is 23.1 Å². The minimum atomic E-state index is -5.19. The molecule has 44 heavy (non-hydrogen) atoms. The van der Waals surface area contributed by atoms with Crippen molar-refractivity contribution in [3.63, 3.8) is 0 Å². The number of carboxylic acids is 1. The Morgan fingerprint density at radius 2 is 0.773 bits per heavy atom. The maximum absolute atomic E-state index is 10.5. The smallest absolute Gasteiger partial charge is 0.430 e. The van der Waals surface area contributed by atoms with Crippen molar-refractivity contribution in [2.75, 3.05) is 0 Å². The largest absolute Gasteiger partial charge is 0.542 e. The van der Waals surface area contributed by atoms with Crippen LogP contribution >= 0.6 is 0 Å². The first-order valence-corrected chi connectivity index (χ1v) is 15.0. The molecule has 0 bridgehead atoms. The highest BCUT2D eigenvalue weighted by molar-refractivity contribution is 7.97. The van der Waals surface area contributed by atoms with E-state index in [0.717, 1.165) is 0 Å². The first kappa shape index (κ1) is 30.4. The third-order valence-corrected chi connectivity index (χ3v) is 9.09. The molecule has 0 fully saturated rings. The van der Waals surface area contributed by atoms with E-state index in [-0.39, 0.29) is 10.9 Å². The molecule has 6 aromatic carbocycles. The van der Waals surface area contributed by atoms with Crippen LogP contribution in [0.3, 0.4) is 0 Å². The minimum absolute atomic E-state index is 0.303. The summed E-state index contributed by atoms with van der Waals surface area (Å²) in [7, 11) is -0.303. The second-order valence-corrected chi connectivity index (χ2v) is 11.7. The Kier molecular flexibility index (Phi) is 9.62. The van der Waals surface area contributed by atoms with Gasteiger partial charge in [0.2, 0.25) is 0 Å². The van der Waals surface area contributed by atoms with E-state index in [1.165, 1.54) is 48.1 Å². The van der Waals surface area contributed by atoms with E-state index < -0.39 is 12.1 Å². The molecule has 0 radical (unpaired) electrons. The number of rotatable bonds is 6. The molecule has 0 saturated heterocycles. The summed E-state index contributed by atoms with van der Waals surface area (Å²) in [6.07, 6.45) is -5.19. The summed E-state index contributed by atoms with van der Waals surface area (Å²) < 4.78 is 31.5. The van der Waals surface area contributed by atoms with Gasteiger partial charge in [-0.2, -0.15) is 13.2 Å². The highest BCUT2D eigenvalue weighted by Gasteiger charge is 2.35. The molecule has 0 heterocycles. The average Bonchev–Trinajstić information content (AvgIpc) is 3.07. The number of carboxylic acid groups (broad SMARTS) is 1. The van der Waals surface area contributed by atoms with Crippen LogP contribution in [0.5, 0.6) is 0 Å². The van der Waals surface area contributed by atoms with E-state index in [4.69, 9.17) is 9.90 Å². The lowest BCUT2D eigenvalue weighted by molar-refractivity contribution is -0.344. The number of hydrogen-bond donors (Lipinski definition) is 0. The van der Waals surface area contributed by atoms with Crippen LogP contribution in [-0.4, -0.2) is 12.1 Å². The number of hydrogen-bond acceptors (Lipinski definition) is 2. The van der Waals surface area contributed by atoms with Crippen LogP contribution in [-0.2, 0) is 15.7 Å². The van der Waals surface area contributed by atoms with Crippen LogP contribution in [0.1, 0.15) is 0 Å². The van der Waals surface area contributed by atoms with Gasteiger partial charge in [-0.15, -0.1) is 0 Å². The summed E-state index contributed by atoms with van der Waals surface area (Å²) in [6.45, 7) is 0. The van der Waals surface area contributed by atoms with Gasteiger partial charge in [-0.25, -0.2) is 0 Å². The Labute approximate surface area is 257 Å².